The van der Waals surface area contributed by atoms with Gasteiger partial charge in [-0.05, 0) is 31.0 Å². The summed E-state index contributed by atoms with van der Waals surface area (Å²) in [6.07, 6.45) is 3.12. The predicted molar refractivity (Wildman–Crippen MR) is 82.6 cm³/mol. The SMILES string of the molecule is CCc1cn(-c2cc(C)n(C)c(=O)c2)c2ccccc12. The highest BCUT2D eigenvalue weighted by Crippen LogP contribution is 2.24. The Morgan fingerprint density at radius 2 is 1.90 bits per heavy atom. The summed E-state index contributed by atoms with van der Waals surface area (Å²) in [4.78, 5) is 12.0. The molecule has 0 atom stereocenters. The summed E-state index contributed by atoms with van der Waals surface area (Å²) in [7, 11) is 1.80. The number of aryl methyl sites for hydroxylation is 2. The van der Waals surface area contributed by atoms with E-state index in [1.54, 1.807) is 17.7 Å². The maximum Gasteiger partial charge on any atom is 0.252 e. The number of benzene rings is 1. The van der Waals surface area contributed by atoms with Gasteiger partial charge in [0.15, 0.2) is 0 Å². The van der Waals surface area contributed by atoms with E-state index >= 15 is 0 Å². The van der Waals surface area contributed by atoms with Gasteiger partial charge in [0.1, 0.15) is 0 Å². The summed E-state index contributed by atoms with van der Waals surface area (Å²) in [5.41, 5.74) is 4.37. The molecule has 0 saturated heterocycles. The van der Waals surface area contributed by atoms with Gasteiger partial charge in [-0.15, -0.1) is 0 Å². The van der Waals surface area contributed by atoms with E-state index in [1.165, 1.54) is 10.9 Å². The van der Waals surface area contributed by atoms with Gasteiger partial charge in [-0.3, -0.25) is 4.79 Å². The number of pyridine rings is 1. The average Bonchev–Trinajstić information content (AvgIpc) is 2.83. The largest absolute Gasteiger partial charge is 0.316 e. The minimum Gasteiger partial charge on any atom is -0.316 e. The van der Waals surface area contributed by atoms with Crippen LogP contribution in [0.25, 0.3) is 16.6 Å². The van der Waals surface area contributed by atoms with Crippen LogP contribution in [0.3, 0.4) is 0 Å². The standard InChI is InChI=1S/C17H18N2O/c1-4-13-11-19(16-8-6-5-7-15(13)16)14-9-12(2)18(3)17(20)10-14/h5-11H,4H2,1-3H3. The van der Waals surface area contributed by atoms with Crippen LogP contribution in [-0.2, 0) is 13.5 Å². The molecule has 0 unspecified atom stereocenters. The van der Waals surface area contributed by atoms with E-state index in [9.17, 15) is 4.79 Å². The minimum absolute atomic E-state index is 0.0239. The summed E-state index contributed by atoms with van der Waals surface area (Å²) < 4.78 is 3.78. The Morgan fingerprint density at radius 1 is 1.15 bits per heavy atom. The molecule has 3 aromatic rings. The van der Waals surface area contributed by atoms with Crippen molar-refractivity contribution in [3.8, 4) is 5.69 Å². The second-order valence-corrected chi connectivity index (χ2v) is 5.15. The number of aromatic nitrogens is 2. The molecule has 102 valence electrons. The van der Waals surface area contributed by atoms with Crippen LogP contribution in [0.15, 0.2) is 47.4 Å². The quantitative estimate of drug-likeness (QED) is 0.699. The van der Waals surface area contributed by atoms with E-state index in [2.05, 4.69) is 35.9 Å². The molecule has 0 aliphatic heterocycles. The van der Waals surface area contributed by atoms with Gasteiger partial charge in [0.2, 0.25) is 0 Å². The highest BCUT2D eigenvalue weighted by atomic mass is 16.1. The topological polar surface area (TPSA) is 26.9 Å². The maximum absolute atomic E-state index is 12.0. The van der Waals surface area contributed by atoms with Crippen LogP contribution in [0.1, 0.15) is 18.2 Å². The Hall–Kier alpha value is -2.29. The Kier molecular flexibility index (Phi) is 2.97. The van der Waals surface area contributed by atoms with Crippen molar-refractivity contribution in [1.82, 2.24) is 9.13 Å². The van der Waals surface area contributed by atoms with Crippen molar-refractivity contribution in [2.24, 2.45) is 7.05 Å². The van der Waals surface area contributed by atoms with Crippen molar-refractivity contribution in [3.05, 3.63) is 64.2 Å². The Balaban J connectivity index is 2.33. The Morgan fingerprint density at radius 3 is 2.60 bits per heavy atom. The third-order valence-electron chi connectivity index (χ3n) is 3.94. The molecule has 0 bridgehead atoms. The minimum atomic E-state index is 0.0239. The highest BCUT2D eigenvalue weighted by Gasteiger charge is 2.09. The smallest absolute Gasteiger partial charge is 0.252 e. The average molecular weight is 266 g/mol. The van der Waals surface area contributed by atoms with Crippen LogP contribution in [0.2, 0.25) is 0 Å². The fraction of sp³-hybridized carbons (Fsp3) is 0.235. The molecule has 0 N–H and O–H groups in total. The summed E-state index contributed by atoms with van der Waals surface area (Å²) in [5.74, 6) is 0. The van der Waals surface area contributed by atoms with Crippen LogP contribution in [0.5, 0.6) is 0 Å². The summed E-state index contributed by atoms with van der Waals surface area (Å²) in [6.45, 7) is 4.11. The van der Waals surface area contributed by atoms with Crippen molar-refractivity contribution in [2.75, 3.05) is 0 Å². The van der Waals surface area contributed by atoms with Gasteiger partial charge in [0.25, 0.3) is 5.56 Å². The molecule has 0 amide bonds. The second-order valence-electron chi connectivity index (χ2n) is 5.15. The van der Waals surface area contributed by atoms with Crippen LogP contribution >= 0.6 is 0 Å². The second kappa shape index (κ2) is 4.67. The lowest BCUT2D eigenvalue weighted by molar-refractivity contribution is 0.812. The van der Waals surface area contributed by atoms with Crippen LogP contribution in [0.4, 0.5) is 0 Å². The van der Waals surface area contributed by atoms with Gasteiger partial charge < -0.3 is 9.13 Å². The fourth-order valence-corrected chi connectivity index (χ4v) is 2.63. The van der Waals surface area contributed by atoms with Crippen molar-refractivity contribution in [1.29, 1.82) is 0 Å². The summed E-state index contributed by atoms with van der Waals surface area (Å²) in [5, 5.41) is 1.26. The zero-order chi connectivity index (χ0) is 14.3. The van der Waals surface area contributed by atoms with E-state index in [0.29, 0.717) is 0 Å². The summed E-state index contributed by atoms with van der Waals surface area (Å²) in [6, 6.07) is 12.1. The molecule has 1 aromatic carbocycles. The normalized spacial score (nSPS) is 11.2. The third-order valence-corrected chi connectivity index (χ3v) is 3.94. The van der Waals surface area contributed by atoms with Gasteiger partial charge in [-0.25, -0.2) is 0 Å². The van der Waals surface area contributed by atoms with E-state index in [-0.39, 0.29) is 5.56 Å². The molecule has 3 nitrogen and oxygen atoms in total. The maximum atomic E-state index is 12.0. The molecule has 0 radical (unpaired) electrons. The van der Waals surface area contributed by atoms with Crippen molar-refractivity contribution < 1.29 is 0 Å². The number of fused-ring (bicyclic) bond motifs is 1. The first kappa shape index (κ1) is 12.7. The number of para-hydroxylation sites is 1. The fourth-order valence-electron chi connectivity index (χ4n) is 2.63. The first-order valence-corrected chi connectivity index (χ1v) is 6.89. The lowest BCUT2D eigenvalue weighted by Crippen LogP contribution is -2.18. The molecule has 0 aliphatic carbocycles. The zero-order valence-corrected chi connectivity index (χ0v) is 12.1. The van der Waals surface area contributed by atoms with Gasteiger partial charge in [-0.2, -0.15) is 0 Å². The zero-order valence-electron chi connectivity index (χ0n) is 12.1. The molecule has 2 heterocycles. The molecule has 3 heteroatoms. The molecule has 0 aliphatic rings. The predicted octanol–water partition coefficient (Wildman–Crippen LogP) is 3.20. The Labute approximate surface area is 118 Å². The molecular weight excluding hydrogens is 248 g/mol. The lowest BCUT2D eigenvalue weighted by Gasteiger charge is -2.09. The van der Waals surface area contributed by atoms with E-state index in [0.717, 1.165) is 23.3 Å². The summed E-state index contributed by atoms with van der Waals surface area (Å²) >= 11 is 0. The molecule has 2 aromatic heterocycles. The van der Waals surface area contributed by atoms with Crippen molar-refractivity contribution >= 4 is 10.9 Å². The number of rotatable bonds is 2. The number of hydrogen-bond donors (Lipinski definition) is 0. The molecule has 0 spiro atoms. The third kappa shape index (κ3) is 1.86. The van der Waals surface area contributed by atoms with Gasteiger partial charge >= 0.3 is 0 Å². The van der Waals surface area contributed by atoms with E-state index < -0.39 is 0 Å². The molecular formula is C17H18N2O. The van der Waals surface area contributed by atoms with Crippen molar-refractivity contribution in [3.63, 3.8) is 0 Å². The van der Waals surface area contributed by atoms with Gasteiger partial charge in [-0.1, -0.05) is 25.1 Å². The first-order valence-electron chi connectivity index (χ1n) is 6.89. The number of hydrogen-bond acceptors (Lipinski definition) is 1. The van der Waals surface area contributed by atoms with E-state index in [1.807, 2.05) is 19.1 Å². The highest BCUT2D eigenvalue weighted by molar-refractivity contribution is 5.85. The van der Waals surface area contributed by atoms with Gasteiger partial charge in [0.05, 0.1) is 11.2 Å². The number of nitrogens with zero attached hydrogens (tertiary/aromatic N) is 2. The monoisotopic (exact) mass is 266 g/mol. The van der Waals surface area contributed by atoms with E-state index in [4.69, 9.17) is 0 Å². The molecule has 3 rings (SSSR count). The first-order chi connectivity index (χ1) is 9.61. The van der Waals surface area contributed by atoms with Crippen LogP contribution < -0.4 is 5.56 Å². The molecule has 20 heavy (non-hydrogen) atoms. The molecule has 0 fully saturated rings. The van der Waals surface area contributed by atoms with Crippen LogP contribution in [-0.4, -0.2) is 9.13 Å². The molecule has 0 saturated carbocycles. The van der Waals surface area contributed by atoms with Gasteiger partial charge in [0, 0.05) is 30.4 Å². The lowest BCUT2D eigenvalue weighted by atomic mass is 10.1. The Bertz CT molecular complexity index is 840. The van der Waals surface area contributed by atoms with Crippen molar-refractivity contribution in [2.45, 2.75) is 20.3 Å². The van der Waals surface area contributed by atoms with Crippen LogP contribution in [0, 0.1) is 6.92 Å².